The van der Waals surface area contributed by atoms with Crippen molar-refractivity contribution in [3.63, 3.8) is 0 Å². The van der Waals surface area contributed by atoms with Crippen molar-refractivity contribution in [1.29, 1.82) is 0 Å². The van der Waals surface area contributed by atoms with Crippen LogP contribution in [0, 0.1) is 0 Å². The predicted octanol–water partition coefficient (Wildman–Crippen LogP) is 2.55. The lowest BCUT2D eigenvalue weighted by molar-refractivity contribution is 0.0553. The van der Waals surface area contributed by atoms with E-state index in [1.54, 1.807) is 0 Å². The molecule has 1 heterocycles. The fourth-order valence-electron chi connectivity index (χ4n) is 4.00. The standard InChI is InChI=1S/C18H28N2O/c21-15-18(19-17-9-4-5-10-17)11-6-12-20(14-18)13-16-7-2-1-3-8-16/h1-3,7-8,17,19,21H,4-6,9-15H2. The molecule has 1 atom stereocenters. The van der Waals surface area contributed by atoms with Gasteiger partial charge in [-0.3, -0.25) is 4.90 Å². The van der Waals surface area contributed by atoms with E-state index >= 15 is 0 Å². The number of rotatable bonds is 5. The maximum atomic E-state index is 10.00. The van der Waals surface area contributed by atoms with Gasteiger partial charge in [0.1, 0.15) is 0 Å². The van der Waals surface area contributed by atoms with Gasteiger partial charge in [-0.25, -0.2) is 0 Å². The molecule has 0 spiro atoms. The molecule has 3 rings (SSSR count). The summed E-state index contributed by atoms with van der Waals surface area (Å²) in [6.07, 6.45) is 7.51. The molecule has 0 aromatic heterocycles. The number of hydrogen-bond donors (Lipinski definition) is 2. The first-order valence-electron chi connectivity index (χ1n) is 8.44. The molecule has 3 heteroatoms. The van der Waals surface area contributed by atoms with Crippen molar-refractivity contribution in [2.45, 2.75) is 56.7 Å². The molecular weight excluding hydrogens is 260 g/mol. The Bertz CT molecular complexity index is 430. The maximum Gasteiger partial charge on any atom is 0.0626 e. The molecule has 1 aliphatic carbocycles. The van der Waals surface area contributed by atoms with Gasteiger partial charge in [0.2, 0.25) is 0 Å². The van der Waals surface area contributed by atoms with Crippen LogP contribution < -0.4 is 5.32 Å². The third-order valence-corrected chi connectivity index (χ3v) is 5.07. The summed E-state index contributed by atoms with van der Waals surface area (Å²) >= 11 is 0. The smallest absolute Gasteiger partial charge is 0.0626 e. The summed E-state index contributed by atoms with van der Waals surface area (Å²) in [5, 5.41) is 13.8. The Morgan fingerprint density at radius 3 is 2.62 bits per heavy atom. The molecule has 3 nitrogen and oxygen atoms in total. The monoisotopic (exact) mass is 288 g/mol. The van der Waals surface area contributed by atoms with Crippen LogP contribution in [0.5, 0.6) is 0 Å². The van der Waals surface area contributed by atoms with Gasteiger partial charge in [-0.2, -0.15) is 0 Å². The molecule has 2 N–H and O–H groups in total. The zero-order chi connectivity index (χ0) is 14.5. The molecule has 1 aromatic rings. The van der Waals surface area contributed by atoms with Crippen LogP contribution in [0.3, 0.4) is 0 Å². The Labute approximate surface area is 128 Å². The zero-order valence-electron chi connectivity index (χ0n) is 12.9. The van der Waals surface area contributed by atoms with E-state index in [2.05, 4.69) is 40.5 Å². The second kappa shape index (κ2) is 6.91. The highest BCUT2D eigenvalue weighted by Gasteiger charge is 2.37. The van der Waals surface area contributed by atoms with E-state index in [1.165, 1.54) is 37.7 Å². The van der Waals surface area contributed by atoms with E-state index in [9.17, 15) is 5.11 Å². The second-order valence-corrected chi connectivity index (χ2v) is 6.86. The number of aliphatic hydroxyl groups is 1. The van der Waals surface area contributed by atoms with Crippen LogP contribution in [-0.4, -0.2) is 41.3 Å². The van der Waals surface area contributed by atoms with Crippen LogP contribution in [0.4, 0.5) is 0 Å². The molecule has 2 fully saturated rings. The van der Waals surface area contributed by atoms with Crippen LogP contribution in [-0.2, 0) is 6.54 Å². The number of aliphatic hydroxyl groups excluding tert-OH is 1. The molecule has 0 amide bonds. The van der Waals surface area contributed by atoms with Crippen LogP contribution in [0.25, 0.3) is 0 Å². The first-order chi connectivity index (χ1) is 10.3. The lowest BCUT2D eigenvalue weighted by atomic mass is 9.88. The van der Waals surface area contributed by atoms with Crippen molar-refractivity contribution in [3.05, 3.63) is 35.9 Å². The van der Waals surface area contributed by atoms with Gasteiger partial charge in [0.15, 0.2) is 0 Å². The molecule has 1 aromatic carbocycles. The number of piperidine rings is 1. The van der Waals surface area contributed by atoms with Crippen LogP contribution >= 0.6 is 0 Å². The highest BCUT2D eigenvalue weighted by Crippen LogP contribution is 2.27. The van der Waals surface area contributed by atoms with Gasteiger partial charge >= 0.3 is 0 Å². The Morgan fingerprint density at radius 2 is 1.90 bits per heavy atom. The van der Waals surface area contributed by atoms with Gasteiger partial charge in [-0.05, 0) is 37.8 Å². The van der Waals surface area contributed by atoms with E-state index in [0.29, 0.717) is 6.04 Å². The van der Waals surface area contributed by atoms with Gasteiger partial charge in [-0.15, -0.1) is 0 Å². The Balaban J connectivity index is 1.62. The van der Waals surface area contributed by atoms with E-state index in [1.807, 2.05) is 0 Å². The average Bonchev–Trinajstić information content (AvgIpc) is 3.01. The Kier molecular flexibility index (Phi) is 4.94. The van der Waals surface area contributed by atoms with E-state index < -0.39 is 0 Å². The van der Waals surface area contributed by atoms with E-state index in [4.69, 9.17) is 0 Å². The molecule has 2 aliphatic rings. The minimum absolute atomic E-state index is 0.0813. The summed E-state index contributed by atoms with van der Waals surface area (Å²) in [4.78, 5) is 2.50. The summed E-state index contributed by atoms with van der Waals surface area (Å²) in [5.74, 6) is 0. The molecule has 0 radical (unpaired) electrons. The molecule has 0 bridgehead atoms. The van der Waals surface area contributed by atoms with E-state index in [-0.39, 0.29) is 12.1 Å². The van der Waals surface area contributed by atoms with Gasteiger partial charge in [-0.1, -0.05) is 43.2 Å². The fraction of sp³-hybridized carbons (Fsp3) is 0.667. The van der Waals surface area contributed by atoms with Crippen molar-refractivity contribution in [2.24, 2.45) is 0 Å². The van der Waals surface area contributed by atoms with Crippen molar-refractivity contribution in [1.82, 2.24) is 10.2 Å². The zero-order valence-corrected chi connectivity index (χ0v) is 12.9. The van der Waals surface area contributed by atoms with Gasteiger partial charge in [0.25, 0.3) is 0 Å². The highest BCUT2D eigenvalue weighted by atomic mass is 16.3. The highest BCUT2D eigenvalue weighted by molar-refractivity contribution is 5.15. The molecule has 1 saturated heterocycles. The largest absolute Gasteiger partial charge is 0.394 e. The summed E-state index contributed by atoms with van der Waals surface area (Å²) in [7, 11) is 0. The second-order valence-electron chi connectivity index (χ2n) is 6.86. The van der Waals surface area contributed by atoms with E-state index in [0.717, 1.165) is 26.1 Å². The normalized spacial score (nSPS) is 28.0. The van der Waals surface area contributed by atoms with Crippen LogP contribution in [0.1, 0.15) is 44.1 Å². The lowest BCUT2D eigenvalue weighted by Crippen LogP contribution is -2.61. The molecular formula is C18H28N2O. The Hall–Kier alpha value is -0.900. The van der Waals surface area contributed by atoms with Crippen LogP contribution in [0.15, 0.2) is 30.3 Å². The van der Waals surface area contributed by atoms with Crippen molar-refractivity contribution < 1.29 is 5.11 Å². The third-order valence-electron chi connectivity index (χ3n) is 5.07. The maximum absolute atomic E-state index is 10.00. The SMILES string of the molecule is OCC1(NC2CCCC2)CCCN(Cc2ccccc2)C1. The number of nitrogens with one attached hydrogen (secondary N) is 1. The molecule has 1 unspecified atom stereocenters. The van der Waals surface area contributed by atoms with Gasteiger partial charge < -0.3 is 10.4 Å². The number of likely N-dealkylation sites (tertiary alicyclic amines) is 1. The van der Waals surface area contributed by atoms with Crippen molar-refractivity contribution in [3.8, 4) is 0 Å². The Morgan fingerprint density at radius 1 is 1.14 bits per heavy atom. The van der Waals surface area contributed by atoms with Crippen molar-refractivity contribution >= 4 is 0 Å². The lowest BCUT2D eigenvalue weighted by Gasteiger charge is -2.44. The number of benzene rings is 1. The number of nitrogens with zero attached hydrogens (tertiary/aromatic N) is 1. The molecule has 1 saturated carbocycles. The first kappa shape index (κ1) is 15.0. The molecule has 116 valence electrons. The van der Waals surface area contributed by atoms with Crippen molar-refractivity contribution in [2.75, 3.05) is 19.7 Å². The minimum Gasteiger partial charge on any atom is -0.394 e. The number of hydrogen-bond acceptors (Lipinski definition) is 3. The first-order valence-corrected chi connectivity index (χ1v) is 8.44. The molecule has 21 heavy (non-hydrogen) atoms. The summed E-state index contributed by atoms with van der Waals surface area (Å²) < 4.78 is 0. The average molecular weight is 288 g/mol. The van der Waals surface area contributed by atoms with Crippen LogP contribution in [0.2, 0.25) is 0 Å². The topological polar surface area (TPSA) is 35.5 Å². The predicted molar refractivity (Wildman–Crippen MR) is 86.2 cm³/mol. The summed E-state index contributed by atoms with van der Waals surface area (Å²) in [6, 6.07) is 11.3. The van der Waals surface area contributed by atoms with Gasteiger partial charge in [0, 0.05) is 19.1 Å². The third kappa shape index (κ3) is 3.85. The molecule has 1 aliphatic heterocycles. The van der Waals surface area contributed by atoms with Gasteiger partial charge in [0.05, 0.1) is 12.1 Å². The summed E-state index contributed by atoms with van der Waals surface area (Å²) in [6.45, 7) is 3.36. The summed E-state index contributed by atoms with van der Waals surface area (Å²) in [5.41, 5.74) is 1.29. The quantitative estimate of drug-likeness (QED) is 0.874. The minimum atomic E-state index is -0.0813. The fourth-order valence-corrected chi connectivity index (χ4v) is 4.00.